The van der Waals surface area contributed by atoms with Crippen molar-refractivity contribution in [2.75, 3.05) is 18.0 Å². The van der Waals surface area contributed by atoms with Gasteiger partial charge in [0.2, 0.25) is 5.91 Å². The van der Waals surface area contributed by atoms with E-state index in [-0.39, 0.29) is 11.8 Å². The van der Waals surface area contributed by atoms with Crippen LogP contribution in [0.5, 0.6) is 0 Å². The molecule has 1 atom stereocenters. The van der Waals surface area contributed by atoms with Crippen LogP contribution in [0.1, 0.15) is 24.1 Å². The number of carbonyl (C=O) groups excluding carboxylic acids is 1. The Bertz CT molecular complexity index is 980. The highest BCUT2D eigenvalue weighted by Gasteiger charge is 2.28. The third-order valence-corrected chi connectivity index (χ3v) is 6.13. The van der Waals surface area contributed by atoms with Gasteiger partial charge in [-0.2, -0.15) is 0 Å². The average Bonchev–Trinajstić information content (AvgIpc) is 2.80. The van der Waals surface area contributed by atoms with Gasteiger partial charge in [-0.1, -0.05) is 35.5 Å². The van der Waals surface area contributed by atoms with Crippen LogP contribution in [0.3, 0.4) is 0 Å². The molecule has 1 saturated heterocycles. The minimum absolute atomic E-state index is 0.0679. The quantitative estimate of drug-likeness (QED) is 0.654. The van der Waals surface area contributed by atoms with Crippen molar-refractivity contribution in [2.45, 2.75) is 36.2 Å². The van der Waals surface area contributed by atoms with Gasteiger partial charge in [0.25, 0.3) is 0 Å². The number of piperidine rings is 1. The molecular formula is C23H25N5OS. The van der Waals surface area contributed by atoms with Gasteiger partial charge in [0.05, 0.1) is 18.2 Å². The number of amides is 1. The summed E-state index contributed by atoms with van der Waals surface area (Å²) in [6, 6.07) is 14.1. The summed E-state index contributed by atoms with van der Waals surface area (Å²) in [4.78, 5) is 29.5. The lowest BCUT2D eigenvalue weighted by Gasteiger charge is -2.33. The fourth-order valence-electron chi connectivity index (χ4n) is 3.53. The van der Waals surface area contributed by atoms with Crippen molar-refractivity contribution in [3.8, 4) is 0 Å². The smallest absolute Gasteiger partial charge is 0.225 e. The number of hydrogen-bond acceptors (Lipinski definition) is 6. The predicted molar refractivity (Wildman–Crippen MR) is 118 cm³/mol. The molecule has 6 nitrogen and oxygen atoms in total. The Morgan fingerprint density at radius 2 is 1.93 bits per heavy atom. The Morgan fingerprint density at radius 1 is 1.10 bits per heavy atom. The zero-order valence-electron chi connectivity index (χ0n) is 17.0. The third kappa shape index (κ3) is 5.16. The van der Waals surface area contributed by atoms with Crippen molar-refractivity contribution in [3.05, 3.63) is 72.3 Å². The van der Waals surface area contributed by atoms with Gasteiger partial charge in [0.1, 0.15) is 5.03 Å². The Kier molecular flexibility index (Phi) is 6.59. The number of carbonyl (C=O) groups is 1. The molecule has 4 rings (SSSR count). The summed E-state index contributed by atoms with van der Waals surface area (Å²) in [5.74, 6) is 0.856. The highest BCUT2D eigenvalue weighted by Crippen LogP contribution is 2.34. The van der Waals surface area contributed by atoms with Gasteiger partial charge in [0.15, 0.2) is 5.82 Å². The van der Waals surface area contributed by atoms with E-state index >= 15 is 0 Å². The summed E-state index contributed by atoms with van der Waals surface area (Å²) in [5.41, 5.74) is 2.10. The summed E-state index contributed by atoms with van der Waals surface area (Å²) in [5, 5.41) is 3.90. The number of anilines is 1. The van der Waals surface area contributed by atoms with Gasteiger partial charge < -0.3 is 10.2 Å². The lowest BCUT2D eigenvalue weighted by molar-refractivity contribution is -0.125. The number of rotatable bonds is 6. The molecule has 154 valence electrons. The molecule has 0 aliphatic carbocycles. The maximum absolute atomic E-state index is 12.7. The molecule has 2 aromatic heterocycles. The molecule has 0 radical (unpaired) electrons. The van der Waals surface area contributed by atoms with E-state index in [1.807, 2.05) is 18.2 Å². The molecular weight excluding hydrogens is 394 g/mol. The third-order valence-electron chi connectivity index (χ3n) is 5.14. The van der Waals surface area contributed by atoms with E-state index in [0.29, 0.717) is 13.1 Å². The van der Waals surface area contributed by atoms with Gasteiger partial charge in [-0.25, -0.2) is 9.97 Å². The van der Waals surface area contributed by atoms with Gasteiger partial charge in [-0.15, -0.1) is 0 Å². The van der Waals surface area contributed by atoms with Crippen molar-refractivity contribution in [2.24, 2.45) is 5.92 Å². The fraction of sp³-hybridized carbons (Fsp3) is 0.304. The molecule has 0 spiro atoms. The maximum Gasteiger partial charge on any atom is 0.225 e. The molecule has 1 aliphatic heterocycles. The first-order valence-electron chi connectivity index (χ1n) is 10.2. The first kappa shape index (κ1) is 20.3. The van der Waals surface area contributed by atoms with Crippen LogP contribution in [0.4, 0.5) is 5.82 Å². The van der Waals surface area contributed by atoms with Crippen LogP contribution < -0.4 is 10.2 Å². The van der Waals surface area contributed by atoms with E-state index in [1.165, 1.54) is 5.56 Å². The summed E-state index contributed by atoms with van der Waals surface area (Å²) < 4.78 is 0. The second-order valence-corrected chi connectivity index (χ2v) is 8.49. The average molecular weight is 420 g/mol. The number of nitrogens with zero attached hydrogens (tertiary/aromatic N) is 4. The summed E-state index contributed by atoms with van der Waals surface area (Å²) >= 11 is 1.61. The topological polar surface area (TPSA) is 71.0 Å². The number of pyridine rings is 1. The minimum atomic E-state index is -0.0679. The van der Waals surface area contributed by atoms with Crippen LogP contribution in [0, 0.1) is 12.8 Å². The van der Waals surface area contributed by atoms with Gasteiger partial charge in [-0.3, -0.25) is 9.78 Å². The molecule has 0 bridgehead atoms. The maximum atomic E-state index is 12.7. The molecule has 30 heavy (non-hydrogen) atoms. The van der Waals surface area contributed by atoms with E-state index < -0.39 is 0 Å². The van der Waals surface area contributed by atoms with Crippen molar-refractivity contribution >= 4 is 23.5 Å². The van der Waals surface area contributed by atoms with Crippen molar-refractivity contribution in [1.82, 2.24) is 20.3 Å². The zero-order valence-corrected chi connectivity index (χ0v) is 17.8. The van der Waals surface area contributed by atoms with Crippen LogP contribution in [0.2, 0.25) is 0 Å². The molecule has 1 fully saturated rings. The normalized spacial score (nSPS) is 16.3. The first-order valence-corrected chi connectivity index (χ1v) is 11.0. The number of hydrogen-bond donors (Lipinski definition) is 1. The SMILES string of the molecule is Cc1ccc(Sc2nccnc2N2CCC[C@@H](C(=O)NCc3ccccn3)C2)cc1. The van der Waals surface area contributed by atoms with Crippen molar-refractivity contribution in [3.63, 3.8) is 0 Å². The van der Waals surface area contributed by atoms with Crippen molar-refractivity contribution in [1.29, 1.82) is 0 Å². The van der Waals surface area contributed by atoms with Crippen LogP contribution in [-0.2, 0) is 11.3 Å². The number of aromatic nitrogens is 3. The summed E-state index contributed by atoms with van der Waals surface area (Å²) in [6.45, 7) is 4.06. The van der Waals surface area contributed by atoms with E-state index in [0.717, 1.165) is 40.8 Å². The van der Waals surface area contributed by atoms with E-state index in [4.69, 9.17) is 0 Å². The number of nitrogens with one attached hydrogen (secondary N) is 1. The van der Waals surface area contributed by atoms with E-state index in [1.54, 1.807) is 30.4 Å². The molecule has 1 amide bonds. The second-order valence-electron chi connectivity index (χ2n) is 7.42. The largest absolute Gasteiger partial charge is 0.354 e. The van der Waals surface area contributed by atoms with Crippen molar-refractivity contribution < 1.29 is 4.79 Å². The monoisotopic (exact) mass is 419 g/mol. The van der Waals surface area contributed by atoms with Crippen LogP contribution >= 0.6 is 11.8 Å². The van der Waals surface area contributed by atoms with Crippen LogP contribution in [-0.4, -0.2) is 33.9 Å². The summed E-state index contributed by atoms with van der Waals surface area (Å²) in [7, 11) is 0. The molecule has 0 saturated carbocycles. The Hall–Kier alpha value is -2.93. The lowest BCUT2D eigenvalue weighted by atomic mass is 9.97. The zero-order chi connectivity index (χ0) is 20.8. The minimum Gasteiger partial charge on any atom is -0.354 e. The highest BCUT2D eigenvalue weighted by atomic mass is 32.2. The first-order chi connectivity index (χ1) is 14.7. The van der Waals surface area contributed by atoms with Gasteiger partial charge >= 0.3 is 0 Å². The second kappa shape index (κ2) is 9.71. The van der Waals surface area contributed by atoms with E-state index in [2.05, 4.69) is 56.4 Å². The highest BCUT2D eigenvalue weighted by molar-refractivity contribution is 7.99. The van der Waals surface area contributed by atoms with Crippen LogP contribution in [0.15, 0.2) is 71.0 Å². The standard InChI is InChI=1S/C23H25N5OS/c1-17-7-9-20(10-8-17)30-23-21(25-12-13-26-23)28-14-4-5-18(16-28)22(29)27-15-19-6-2-3-11-24-19/h2-3,6-13,18H,4-5,14-16H2,1H3,(H,27,29)/t18-/m1/s1. The Labute approximate surface area is 181 Å². The molecule has 3 heterocycles. The Balaban J connectivity index is 1.43. The number of benzene rings is 1. The molecule has 7 heteroatoms. The molecule has 1 aliphatic rings. The summed E-state index contributed by atoms with van der Waals surface area (Å²) in [6.07, 6.45) is 7.02. The fourth-order valence-corrected chi connectivity index (χ4v) is 4.42. The lowest BCUT2D eigenvalue weighted by Crippen LogP contribution is -2.43. The van der Waals surface area contributed by atoms with Gasteiger partial charge in [-0.05, 0) is 44.0 Å². The molecule has 1 aromatic carbocycles. The Morgan fingerprint density at radius 3 is 2.73 bits per heavy atom. The predicted octanol–water partition coefficient (Wildman–Crippen LogP) is 3.86. The van der Waals surface area contributed by atoms with Crippen LogP contribution in [0.25, 0.3) is 0 Å². The number of aryl methyl sites for hydroxylation is 1. The van der Waals surface area contributed by atoms with Gasteiger partial charge in [0, 0.05) is 36.6 Å². The molecule has 1 N–H and O–H groups in total. The molecule has 0 unspecified atom stereocenters. The van der Waals surface area contributed by atoms with E-state index in [9.17, 15) is 4.79 Å². The molecule has 3 aromatic rings.